The maximum absolute atomic E-state index is 14.9. The van der Waals surface area contributed by atoms with Gasteiger partial charge in [-0.2, -0.15) is 0 Å². The van der Waals surface area contributed by atoms with Gasteiger partial charge in [-0.25, -0.2) is 8.78 Å². The Hall–Kier alpha value is -3.22. The van der Waals surface area contributed by atoms with E-state index < -0.39 is 17.6 Å². The summed E-state index contributed by atoms with van der Waals surface area (Å²) in [5, 5.41) is 12.5. The van der Waals surface area contributed by atoms with Crippen LogP contribution in [0.3, 0.4) is 0 Å². The van der Waals surface area contributed by atoms with Crippen molar-refractivity contribution in [1.82, 2.24) is 5.16 Å². The van der Waals surface area contributed by atoms with Crippen LogP contribution in [0.4, 0.5) is 8.78 Å². The van der Waals surface area contributed by atoms with Crippen molar-refractivity contribution in [2.75, 3.05) is 0 Å². The summed E-state index contributed by atoms with van der Waals surface area (Å²) in [6.45, 7) is 3.37. The van der Waals surface area contributed by atoms with E-state index in [0.717, 1.165) is 0 Å². The van der Waals surface area contributed by atoms with Gasteiger partial charge >= 0.3 is 5.97 Å². The second-order valence-corrected chi connectivity index (χ2v) is 6.41. The van der Waals surface area contributed by atoms with E-state index >= 15 is 0 Å². The molecule has 1 heterocycles. The third kappa shape index (κ3) is 4.19. The molecule has 3 aromatic rings. The molecule has 0 amide bonds. The molecule has 0 saturated carbocycles. The highest BCUT2D eigenvalue weighted by atomic mass is 19.1. The summed E-state index contributed by atoms with van der Waals surface area (Å²) in [6.07, 6.45) is -0.0631. The Morgan fingerprint density at radius 2 is 1.96 bits per heavy atom. The van der Waals surface area contributed by atoms with Gasteiger partial charge in [0.05, 0.1) is 11.3 Å². The van der Waals surface area contributed by atoms with Crippen molar-refractivity contribution in [3.05, 3.63) is 70.6 Å². The fraction of sp³-hybridized carbons (Fsp3) is 0.238. The number of hydrogen-bond donors (Lipinski definition) is 1. The molecule has 0 aliphatic carbocycles. The van der Waals surface area contributed by atoms with Crippen molar-refractivity contribution >= 4 is 5.97 Å². The first-order valence-corrected chi connectivity index (χ1v) is 8.70. The van der Waals surface area contributed by atoms with Crippen LogP contribution >= 0.6 is 0 Å². The van der Waals surface area contributed by atoms with Crippen LogP contribution in [0.2, 0.25) is 0 Å². The molecule has 146 valence electrons. The molecule has 1 N–H and O–H groups in total. The zero-order valence-electron chi connectivity index (χ0n) is 15.5. The number of carboxylic acid groups (broad SMARTS) is 1. The maximum atomic E-state index is 14.9. The molecule has 0 bridgehead atoms. The molecule has 2 aromatic carbocycles. The molecular weight excluding hydrogens is 368 g/mol. The van der Waals surface area contributed by atoms with Gasteiger partial charge in [0.25, 0.3) is 0 Å². The normalized spacial score (nSPS) is 10.9. The molecule has 0 aliphatic heterocycles. The highest BCUT2D eigenvalue weighted by molar-refractivity contribution is 5.69. The number of rotatable bonds is 7. The zero-order valence-corrected chi connectivity index (χ0v) is 15.5. The molecule has 28 heavy (non-hydrogen) atoms. The third-order valence-electron chi connectivity index (χ3n) is 4.41. The number of aromatic nitrogens is 1. The van der Waals surface area contributed by atoms with Gasteiger partial charge in [-0.3, -0.25) is 4.79 Å². The predicted molar refractivity (Wildman–Crippen MR) is 98.1 cm³/mol. The summed E-state index contributed by atoms with van der Waals surface area (Å²) >= 11 is 0. The van der Waals surface area contributed by atoms with Gasteiger partial charge in [0, 0.05) is 23.6 Å². The molecule has 0 spiro atoms. The van der Waals surface area contributed by atoms with Crippen molar-refractivity contribution in [3.63, 3.8) is 0 Å². The van der Waals surface area contributed by atoms with Gasteiger partial charge in [0.1, 0.15) is 29.8 Å². The minimum absolute atomic E-state index is 0.0863. The molecule has 7 heteroatoms. The maximum Gasteiger partial charge on any atom is 0.303 e. The van der Waals surface area contributed by atoms with Gasteiger partial charge in [-0.1, -0.05) is 29.4 Å². The number of aliphatic carboxylic acids is 1. The Morgan fingerprint density at radius 1 is 1.18 bits per heavy atom. The van der Waals surface area contributed by atoms with E-state index in [4.69, 9.17) is 14.4 Å². The summed E-state index contributed by atoms with van der Waals surface area (Å²) in [5.41, 5.74) is 2.17. The molecule has 0 fully saturated rings. The van der Waals surface area contributed by atoms with Gasteiger partial charge in [-0.15, -0.1) is 0 Å². The number of benzene rings is 2. The Morgan fingerprint density at radius 3 is 2.61 bits per heavy atom. The van der Waals surface area contributed by atoms with Crippen molar-refractivity contribution < 1.29 is 27.9 Å². The zero-order chi connectivity index (χ0) is 20.3. The molecule has 0 radical (unpaired) electrons. The van der Waals surface area contributed by atoms with E-state index in [1.54, 1.807) is 32.0 Å². The van der Waals surface area contributed by atoms with Crippen LogP contribution in [0, 0.1) is 25.5 Å². The van der Waals surface area contributed by atoms with E-state index in [1.807, 2.05) is 0 Å². The van der Waals surface area contributed by atoms with Crippen molar-refractivity contribution in [1.29, 1.82) is 0 Å². The lowest BCUT2D eigenvalue weighted by Crippen LogP contribution is -2.02. The standard InChI is InChI=1S/C21H19F2NO4/c1-12-20(13(2)28-24-12)17-5-3-4-15(21(17)23)11-27-16-8-6-14(18(22)10-16)7-9-19(25)26/h3-6,8,10H,7,9,11H2,1-2H3,(H,25,26). The van der Waals surface area contributed by atoms with Crippen LogP contribution in [-0.2, 0) is 17.8 Å². The van der Waals surface area contributed by atoms with E-state index in [-0.39, 0.29) is 25.2 Å². The van der Waals surface area contributed by atoms with E-state index in [0.29, 0.717) is 33.7 Å². The minimum Gasteiger partial charge on any atom is -0.489 e. The summed E-state index contributed by atoms with van der Waals surface area (Å²) < 4.78 is 39.7. The van der Waals surface area contributed by atoms with Crippen molar-refractivity contribution in [2.45, 2.75) is 33.3 Å². The van der Waals surface area contributed by atoms with Crippen molar-refractivity contribution in [3.8, 4) is 16.9 Å². The molecule has 5 nitrogen and oxygen atoms in total. The number of carbonyl (C=O) groups is 1. The smallest absolute Gasteiger partial charge is 0.303 e. The Balaban J connectivity index is 1.76. The second-order valence-electron chi connectivity index (χ2n) is 6.41. The van der Waals surface area contributed by atoms with Crippen LogP contribution in [0.5, 0.6) is 5.75 Å². The third-order valence-corrected chi connectivity index (χ3v) is 4.41. The van der Waals surface area contributed by atoms with Crippen LogP contribution < -0.4 is 4.74 Å². The summed E-state index contributed by atoms with van der Waals surface area (Å²) in [6, 6.07) is 9.13. The number of carboxylic acids is 1. The number of ether oxygens (including phenoxy) is 1. The van der Waals surface area contributed by atoms with Gasteiger partial charge in [-0.05, 0) is 31.9 Å². The fourth-order valence-electron chi connectivity index (χ4n) is 2.98. The average molecular weight is 387 g/mol. The number of hydrogen-bond acceptors (Lipinski definition) is 4. The van der Waals surface area contributed by atoms with Gasteiger partial charge in [0.15, 0.2) is 0 Å². The molecule has 0 aliphatic rings. The minimum atomic E-state index is -0.992. The number of aryl methyl sites for hydroxylation is 3. The van der Waals surface area contributed by atoms with Gasteiger partial charge < -0.3 is 14.4 Å². The lowest BCUT2D eigenvalue weighted by atomic mass is 10.0. The SMILES string of the molecule is Cc1noc(C)c1-c1cccc(COc2ccc(CCC(=O)O)c(F)c2)c1F. The van der Waals surface area contributed by atoms with E-state index in [9.17, 15) is 13.6 Å². The Labute approximate surface area is 160 Å². The lowest BCUT2D eigenvalue weighted by Gasteiger charge is -2.11. The Kier molecular flexibility index (Phi) is 5.73. The summed E-state index contributed by atoms with van der Waals surface area (Å²) in [5.74, 6) is -1.24. The van der Waals surface area contributed by atoms with E-state index in [1.165, 1.54) is 18.2 Å². The van der Waals surface area contributed by atoms with Crippen LogP contribution in [0.25, 0.3) is 11.1 Å². The van der Waals surface area contributed by atoms with Crippen LogP contribution in [0.1, 0.15) is 29.0 Å². The highest BCUT2D eigenvalue weighted by Gasteiger charge is 2.18. The molecule has 0 atom stereocenters. The molecule has 1 aromatic heterocycles. The van der Waals surface area contributed by atoms with E-state index in [2.05, 4.69) is 5.16 Å². The number of nitrogens with zero attached hydrogens (tertiary/aromatic N) is 1. The highest BCUT2D eigenvalue weighted by Crippen LogP contribution is 2.31. The average Bonchev–Trinajstić information content (AvgIpc) is 2.98. The second kappa shape index (κ2) is 8.21. The largest absolute Gasteiger partial charge is 0.489 e. The topological polar surface area (TPSA) is 72.6 Å². The molecular formula is C21H19F2NO4. The first kappa shape index (κ1) is 19.5. The van der Waals surface area contributed by atoms with Crippen molar-refractivity contribution in [2.24, 2.45) is 0 Å². The first-order chi connectivity index (χ1) is 13.4. The predicted octanol–water partition coefficient (Wildman–Crippen LogP) is 4.83. The Bertz CT molecular complexity index is 994. The lowest BCUT2D eigenvalue weighted by molar-refractivity contribution is -0.136. The fourth-order valence-corrected chi connectivity index (χ4v) is 2.98. The molecule has 0 unspecified atom stereocenters. The number of halogens is 2. The first-order valence-electron chi connectivity index (χ1n) is 8.70. The molecule has 0 saturated heterocycles. The molecule has 3 rings (SSSR count). The van der Waals surface area contributed by atoms with Crippen LogP contribution in [0.15, 0.2) is 40.9 Å². The quantitative estimate of drug-likeness (QED) is 0.628. The summed E-state index contributed by atoms with van der Waals surface area (Å²) in [4.78, 5) is 10.6. The van der Waals surface area contributed by atoms with Gasteiger partial charge in [0.2, 0.25) is 0 Å². The monoisotopic (exact) mass is 387 g/mol. The summed E-state index contributed by atoms with van der Waals surface area (Å²) in [7, 11) is 0. The van der Waals surface area contributed by atoms with Crippen LogP contribution in [-0.4, -0.2) is 16.2 Å².